The van der Waals surface area contributed by atoms with Crippen LogP contribution in [-0.2, 0) is 9.84 Å². The third kappa shape index (κ3) is 3.03. The molecule has 0 aliphatic carbocycles. The highest BCUT2D eigenvalue weighted by Crippen LogP contribution is 2.27. The van der Waals surface area contributed by atoms with Crippen LogP contribution in [0.5, 0.6) is 0 Å². The highest BCUT2D eigenvalue weighted by atomic mass is 32.2. The van der Waals surface area contributed by atoms with Gasteiger partial charge in [-0.15, -0.1) is 0 Å². The van der Waals surface area contributed by atoms with Gasteiger partial charge in [0.15, 0.2) is 9.84 Å². The Morgan fingerprint density at radius 1 is 1.22 bits per heavy atom. The first kappa shape index (κ1) is 13.4. The Hall–Kier alpha value is -1.07. The molecule has 1 N–H and O–H groups in total. The van der Waals surface area contributed by atoms with E-state index in [4.69, 9.17) is 0 Å². The first-order valence-electron chi connectivity index (χ1n) is 6.22. The lowest BCUT2D eigenvalue weighted by Crippen LogP contribution is -2.27. The first-order chi connectivity index (χ1) is 8.49. The largest absolute Gasteiger partial charge is 0.389 e. The Morgan fingerprint density at radius 2 is 1.94 bits per heavy atom. The SMILES string of the molecule is C[C@@H](O)c1ccccc1N1CCCS(=O)(=O)CC1. The van der Waals surface area contributed by atoms with Crippen molar-refractivity contribution in [1.29, 1.82) is 0 Å². The second kappa shape index (κ2) is 5.28. The molecule has 0 radical (unpaired) electrons. The monoisotopic (exact) mass is 269 g/mol. The van der Waals surface area contributed by atoms with E-state index in [0.717, 1.165) is 17.8 Å². The predicted octanol–water partition coefficient (Wildman–Crippen LogP) is 1.36. The van der Waals surface area contributed by atoms with Crippen molar-refractivity contribution in [2.24, 2.45) is 0 Å². The lowest BCUT2D eigenvalue weighted by atomic mass is 10.1. The highest BCUT2D eigenvalue weighted by molar-refractivity contribution is 7.91. The van der Waals surface area contributed by atoms with Crippen molar-refractivity contribution < 1.29 is 13.5 Å². The van der Waals surface area contributed by atoms with Gasteiger partial charge in [0.25, 0.3) is 0 Å². The number of rotatable bonds is 2. The first-order valence-corrected chi connectivity index (χ1v) is 8.04. The standard InChI is InChI=1S/C13H19NO3S/c1-11(15)12-5-2-3-6-13(12)14-7-4-9-18(16,17)10-8-14/h2-3,5-6,11,15H,4,7-10H2,1H3/t11-/m1/s1. The Labute approximate surface area is 108 Å². The van der Waals surface area contributed by atoms with Gasteiger partial charge in [-0.3, -0.25) is 0 Å². The molecule has 2 rings (SSSR count). The number of benzene rings is 1. The van der Waals surface area contributed by atoms with E-state index in [1.807, 2.05) is 24.3 Å². The van der Waals surface area contributed by atoms with E-state index in [9.17, 15) is 13.5 Å². The van der Waals surface area contributed by atoms with E-state index < -0.39 is 15.9 Å². The van der Waals surface area contributed by atoms with E-state index in [1.54, 1.807) is 6.92 Å². The molecule has 1 aromatic carbocycles. The minimum Gasteiger partial charge on any atom is -0.389 e. The van der Waals surface area contributed by atoms with Crippen LogP contribution >= 0.6 is 0 Å². The Balaban J connectivity index is 2.26. The molecule has 0 bridgehead atoms. The molecule has 100 valence electrons. The van der Waals surface area contributed by atoms with Crippen LogP contribution in [0.2, 0.25) is 0 Å². The van der Waals surface area contributed by atoms with E-state index in [-0.39, 0.29) is 11.5 Å². The zero-order chi connectivity index (χ0) is 13.2. The Kier molecular flexibility index (Phi) is 3.92. The minimum atomic E-state index is -2.90. The quantitative estimate of drug-likeness (QED) is 0.881. The molecule has 1 heterocycles. The summed E-state index contributed by atoms with van der Waals surface area (Å²) in [4.78, 5) is 2.06. The summed E-state index contributed by atoms with van der Waals surface area (Å²) in [6.07, 6.45) is 0.109. The number of hydrogen-bond acceptors (Lipinski definition) is 4. The molecule has 1 aromatic rings. The average molecular weight is 269 g/mol. The van der Waals surface area contributed by atoms with Crippen LogP contribution in [0.4, 0.5) is 5.69 Å². The van der Waals surface area contributed by atoms with Crippen LogP contribution in [0.3, 0.4) is 0 Å². The summed E-state index contributed by atoms with van der Waals surface area (Å²) in [6.45, 7) is 2.96. The predicted molar refractivity (Wildman–Crippen MR) is 72.6 cm³/mol. The number of aliphatic hydroxyl groups is 1. The fourth-order valence-electron chi connectivity index (χ4n) is 2.31. The van der Waals surface area contributed by atoms with Crippen molar-refractivity contribution >= 4 is 15.5 Å². The Bertz CT molecular complexity index is 511. The summed E-state index contributed by atoms with van der Waals surface area (Å²) in [5.74, 6) is 0.460. The summed E-state index contributed by atoms with van der Waals surface area (Å²) in [5, 5.41) is 9.76. The maximum Gasteiger partial charge on any atom is 0.152 e. The summed E-state index contributed by atoms with van der Waals surface area (Å²) in [7, 11) is -2.90. The van der Waals surface area contributed by atoms with Crippen LogP contribution in [0, 0.1) is 0 Å². The average Bonchev–Trinajstić information content (AvgIpc) is 2.50. The van der Waals surface area contributed by atoms with Gasteiger partial charge in [-0.2, -0.15) is 0 Å². The molecule has 4 nitrogen and oxygen atoms in total. The van der Waals surface area contributed by atoms with Crippen LogP contribution < -0.4 is 4.90 Å². The van der Waals surface area contributed by atoms with Crippen LogP contribution in [0.1, 0.15) is 25.0 Å². The van der Waals surface area contributed by atoms with Crippen molar-refractivity contribution in [2.45, 2.75) is 19.4 Å². The van der Waals surface area contributed by atoms with Gasteiger partial charge in [0, 0.05) is 24.3 Å². The highest BCUT2D eigenvalue weighted by Gasteiger charge is 2.21. The molecule has 1 fully saturated rings. The lowest BCUT2D eigenvalue weighted by molar-refractivity contribution is 0.199. The minimum absolute atomic E-state index is 0.196. The van der Waals surface area contributed by atoms with Gasteiger partial charge >= 0.3 is 0 Å². The van der Waals surface area contributed by atoms with Gasteiger partial charge in [-0.25, -0.2) is 8.42 Å². The summed E-state index contributed by atoms with van der Waals surface area (Å²) < 4.78 is 23.2. The second-order valence-electron chi connectivity index (χ2n) is 4.73. The molecule has 1 saturated heterocycles. The molecule has 5 heteroatoms. The van der Waals surface area contributed by atoms with E-state index in [2.05, 4.69) is 4.90 Å². The van der Waals surface area contributed by atoms with E-state index >= 15 is 0 Å². The number of para-hydroxylation sites is 1. The number of hydrogen-bond donors (Lipinski definition) is 1. The van der Waals surface area contributed by atoms with Crippen molar-refractivity contribution in [3.63, 3.8) is 0 Å². The van der Waals surface area contributed by atoms with Crippen molar-refractivity contribution in [1.82, 2.24) is 0 Å². The number of sulfone groups is 1. The molecule has 0 amide bonds. The molecule has 0 aromatic heterocycles. The van der Waals surface area contributed by atoms with Crippen molar-refractivity contribution in [2.75, 3.05) is 29.5 Å². The smallest absolute Gasteiger partial charge is 0.152 e. The molecule has 1 aliphatic heterocycles. The maximum atomic E-state index is 11.6. The summed E-state index contributed by atoms with van der Waals surface area (Å²) >= 11 is 0. The van der Waals surface area contributed by atoms with Gasteiger partial charge in [0.05, 0.1) is 17.6 Å². The lowest BCUT2D eigenvalue weighted by Gasteiger charge is -2.25. The Morgan fingerprint density at radius 3 is 2.67 bits per heavy atom. The zero-order valence-electron chi connectivity index (χ0n) is 10.5. The molecular weight excluding hydrogens is 250 g/mol. The fourth-order valence-corrected chi connectivity index (χ4v) is 3.58. The molecule has 1 atom stereocenters. The van der Waals surface area contributed by atoms with Crippen LogP contribution in [0.25, 0.3) is 0 Å². The molecule has 0 saturated carbocycles. The summed E-state index contributed by atoms with van der Waals surface area (Å²) in [5.41, 5.74) is 1.81. The number of anilines is 1. The van der Waals surface area contributed by atoms with Gasteiger partial charge < -0.3 is 10.0 Å². The topological polar surface area (TPSA) is 57.6 Å². The molecule has 0 unspecified atom stereocenters. The van der Waals surface area contributed by atoms with Crippen LogP contribution in [0.15, 0.2) is 24.3 Å². The van der Waals surface area contributed by atoms with Crippen molar-refractivity contribution in [3.8, 4) is 0 Å². The number of nitrogens with zero attached hydrogens (tertiary/aromatic N) is 1. The summed E-state index contributed by atoms with van der Waals surface area (Å²) in [6, 6.07) is 7.64. The molecular formula is C13H19NO3S. The van der Waals surface area contributed by atoms with Crippen molar-refractivity contribution in [3.05, 3.63) is 29.8 Å². The zero-order valence-corrected chi connectivity index (χ0v) is 11.4. The van der Waals surface area contributed by atoms with E-state index in [0.29, 0.717) is 13.0 Å². The van der Waals surface area contributed by atoms with Gasteiger partial charge in [0.2, 0.25) is 0 Å². The van der Waals surface area contributed by atoms with E-state index in [1.165, 1.54) is 0 Å². The second-order valence-corrected chi connectivity index (χ2v) is 7.03. The van der Waals surface area contributed by atoms with Gasteiger partial charge in [-0.05, 0) is 19.4 Å². The fraction of sp³-hybridized carbons (Fsp3) is 0.538. The molecule has 1 aliphatic rings. The van der Waals surface area contributed by atoms with Gasteiger partial charge in [0.1, 0.15) is 0 Å². The third-order valence-electron chi connectivity index (χ3n) is 3.28. The van der Waals surface area contributed by atoms with Crippen LogP contribution in [-0.4, -0.2) is 38.1 Å². The normalized spacial score (nSPS) is 21.3. The molecule has 0 spiro atoms. The number of aliphatic hydroxyl groups excluding tert-OH is 1. The maximum absolute atomic E-state index is 11.6. The third-order valence-corrected chi connectivity index (χ3v) is 5.00. The van der Waals surface area contributed by atoms with Gasteiger partial charge in [-0.1, -0.05) is 18.2 Å². The molecule has 18 heavy (non-hydrogen) atoms.